The lowest BCUT2D eigenvalue weighted by Gasteiger charge is -2.35. The maximum Gasteiger partial charge on any atom is 0.310 e. The molecule has 1 atom stereocenters. The third kappa shape index (κ3) is 4.96. The molecular formula is C29H27NO7. The summed E-state index contributed by atoms with van der Waals surface area (Å²) in [6, 6.07) is 22.3. The Bertz CT molecular complexity index is 1330. The average molecular weight is 502 g/mol. The highest BCUT2D eigenvalue weighted by Gasteiger charge is 2.55. The lowest BCUT2D eigenvalue weighted by Crippen LogP contribution is -2.51. The first kappa shape index (κ1) is 25.7. The fourth-order valence-corrected chi connectivity index (χ4v) is 4.32. The number of hydrogen-bond donors (Lipinski definition) is 1. The zero-order valence-electron chi connectivity index (χ0n) is 20.8. The van der Waals surface area contributed by atoms with Gasteiger partial charge in [-0.05, 0) is 59.7 Å². The number of methoxy groups -OCH3 is 3. The Kier molecular flexibility index (Phi) is 7.40. The first-order chi connectivity index (χ1) is 17.8. The first-order valence-electron chi connectivity index (χ1n) is 11.6. The summed E-state index contributed by atoms with van der Waals surface area (Å²) in [5, 5.41) is 11.8. The Balaban J connectivity index is 1.93. The maximum atomic E-state index is 13.9. The van der Waals surface area contributed by atoms with Crippen LogP contribution < -0.4 is 9.47 Å². The van der Waals surface area contributed by atoms with E-state index in [4.69, 9.17) is 14.2 Å². The van der Waals surface area contributed by atoms with Gasteiger partial charge in [0.15, 0.2) is 5.78 Å². The van der Waals surface area contributed by atoms with Crippen molar-refractivity contribution in [2.75, 3.05) is 21.3 Å². The predicted molar refractivity (Wildman–Crippen MR) is 136 cm³/mol. The van der Waals surface area contributed by atoms with E-state index in [1.165, 1.54) is 26.2 Å². The van der Waals surface area contributed by atoms with E-state index in [2.05, 4.69) is 0 Å². The Morgan fingerprint density at radius 1 is 0.838 bits per heavy atom. The number of ether oxygens (including phenoxy) is 3. The summed E-state index contributed by atoms with van der Waals surface area (Å²) < 4.78 is 15.2. The number of hydrogen-bond acceptors (Lipinski definition) is 8. The molecule has 0 bridgehead atoms. The molecule has 0 aromatic heterocycles. The molecule has 0 radical (unpaired) electrons. The van der Waals surface area contributed by atoms with Crippen molar-refractivity contribution in [2.24, 2.45) is 0 Å². The number of carbonyl (C=O) groups excluding carboxylic acids is 3. The molecule has 1 N–H and O–H groups in total. The van der Waals surface area contributed by atoms with Crippen LogP contribution in [0.2, 0.25) is 0 Å². The van der Waals surface area contributed by atoms with Gasteiger partial charge in [-0.1, -0.05) is 30.3 Å². The molecule has 8 nitrogen and oxygen atoms in total. The smallest absolute Gasteiger partial charge is 0.310 e. The lowest BCUT2D eigenvalue weighted by atomic mass is 9.93. The van der Waals surface area contributed by atoms with Gasteiger partial charge >= 0.3 is 5.97 Å². The highest BCUT2D eigenvalue weighted by Crippen LogP contribution is 2.43. The van der Waals surface area contributed by atoms with Crippen molar-refractivity contribution in [3.05, 3.63) is 101 Å². The van der Waals surface area contributed by atoms with Crippen LogP contribution in [0.3, 0.4) is 0 Å². The second kappa shape index (κ2) is 10.7. The molecular weight excluding hydrogens is 474 g/mol. The Morgan fingerprint density at radius 2 is 1.41 bits per heavy atom. The van der Waals surface area contributed by atoms with E-state index >= 15 is 0 Å². The third-order valence-corrected chi connectivity index (χ3v) is 6.29. The summed E-state index contributed by atoms with van der Waals surface area (Å²) in [6.45, 7) is 0.0564. The van der Waals surface area contributed by atoms with E-state index in [-0.39, 0.29) is 23.4 Å². The SMILES string of the molecule is COC(=O)CC1(O)C(=O)C(C(=O)c2ccc(OC)cc2)=C(c2ccc(OC)cc2)N1Cc1ccccc1. The molecule has 1 heterocycles. The summed E-state index contributed by atoms with van der Waals surface area (Å²) in [5.41, 5.74) is -0.848. The Hall–Kier alpha value is -4.43. The van der Waals surface area contributed by atoms with Crippen LogP contribution in [0.1, 0.15) is 27.9 Å². The zero-order valence-corrected chi connectivity index (χ0v) is 20.8. The van der Waals surface area contributed by atoms with Crippen molar-refractivity contribution < 1.29 is 33.7 Å². The molecule has 0 aliphatic carbocycles. The van der Waals surface area contributed by atoms with Gasteiger partial charge in [0.25, 0.3) is 0 Å². The highest BCUT2D eigenvalue weighted by atomic mass is 16.5. The van der Waals surface area contributed by atoms with Gasteiger partial charge in [0.05, 0.1) is 32.6 Å². The minimum absolute atomic E-state index is 0.0564. The largest absolute Gasteiger partial charge is 0.497 e. The van der Waals surface area contributed by atoms with Crippen LogP contribution in [-0.2, 0) is 20.9 Å². The van der Waals surface area contributed by atoms with Crippen LogP contribution in [0.5, 0.6) is 11.5 Å². The van der Waals surface area contributed by atoms with Crippen LogP contribution in [0.4, 0.5) is 0 Å². The summed E-state index contributed by atoms with van der Waals surface area (Å²) >= 11 is 0. The molecule has 1 aliphatic heterocycles. The van der Waals surface area contributed by atoms with Gasteiger partial charge in [-0.25, -0.2) is 0 Å². The lowest BCUT2D eigenvalue weighted by molar-refractivity contribution is -0.162. The normalized spacial score (nSPS) is 17.1. The van der Waals surface area contributed by atoms with Gasteiger partial charge < -0.3 is 24.2 Å². The number of carbonyl (C=O) groups is 3. The standard InChI is InChI=1S/C29H27NO7/c1-35-22-13-9-20(10-14-22)26-25(27(32)21-11-15-23(36-2)16-12-21)28(33)29(34,17-24(31)37-3)30(26)18-19-7-5-4-6-8-19/h4-16,34H,17-18H2,1-3H3. The van der Waals surface area contributed by atoms with Crippen LogP contribution in [0.15, 0.2) is 84.4 Å². The van der Waals surface area contributed by atoms with Gasteiger partial charge in [0, 0.05) is 12.1 Å². The van der Waals surface area contributed by atoms with Gasteiger partial charge in [0.1, 0.15) is 17.9 Å². The van der Waals surface area contributed by atoms with Crippen molar-refractivity contribution in [3.8, 4) is 11.5 Å². The molecule has 1 unspecified atom stereocenters. The number of esters is 1. The quantitative estimate of drug-likeness (QED) is 0.269. The molecule has 0 saturated carbocycles. The molecule has 190 valence electrons. The number of benzene rings is 3. The molecule has 4 rings (SSSR count). The van der Waals surface area contributed by atoms with Crippen LogP contribution in [-0.4, -0.2) is 54.6 Å². The summed E-state index contributed by atoms with van der Waals surface area (Å²) in [6.07, 6.45) is -0.659. The second-order valence-corrected chi connectivity index (χ2v) is 8.48. The van der Waals surface area contributed by atoms with E-state index < -0.39 is 29.7 Å². The summed E-state index contributed by atoms with van der Waals surface area (Å²) in [5.74, 6) is -1.12. The number of nitrogens with zero attached hydrogens (tertiary/aromatic N) is 1. The van der Waals surface area contributed by atoms with Gasteiger partial charge in [-0.2, -0.15) is 0 Å². The third-order valence-electron chi connectivity index (χ3n) is 6.29. The topological polar surface area (TPSA) is 102 Å². The summed E-state index contributed by atoms with van der Waals surface area (Å²) in [4.78, 5) is 41.5. The number of ketones is 2. The summed E-state index contributed by atoms with van der Waals surface area (Å²) in [7, 11) is 4.22. The van der Waals surface area contributed by atoms with E-state index in [0.717, 1.165) is 5.56 Å². The van der Waals surface area contributed by atoms with Gasteiger partial charge in [-0.3, -0.25) is 14.4 Å². The van der Waals surface area contributed by atoms with Crippen LogP contribution in [0, 0.1) is 0 Å². The monoisotopic (exact) mass is 501 g/mol. The molecule has 1 aliphatic rings. The molecule has 0 spiro atoms. The van der Waals surface area contributed by atoms with E-state index in [1.807, 2.05) is 30.3 Å². The van der Waals surface area contributed by atoms with E-state index in [1.54, 1.807) is 48.5 Å². The van der Waals surface area contributed by atoms with E-state index in [9.17, 15) is 19.5 Å². The molecule has 3 aromatic rings. The maximum absolute atomic E-state index is 13.9. The molecule has 8 heteroatoms. The number of rotatable bonds is 9. The van der Waals surface area contributed by atoms with Crippen molar-refractivity contribution in [2.45, 2.75) is 18.7 Å². The molecule has 0 fully saturated rings. The number of aliphatic hydroxyl groups is 1. The van der Waals surface area contributed by atoms with Gasteiger partial charge in [-0.15, -0.1) is 0 Å². The fraction of sp³-hybridized carbons (Fsp3) is 0.207. The molecule has 0 amide bonds. The predicted octanol–water partition coefficient (Wildman–Crippen LogP) is 3.63. The van der Waals surface area contributed by atoms with E-state index in [0.29, 0.717) is 17.1 Å². The zero-order chi connectivity index (χ0) is 26.6. The Labute approximate surface area is 214 Å². The fourth-order valence-electron chi connectivity index (χ4n) is 4.32. The second-order valence-electron chi connectivity index (χ2n) is 8.48. The molecule has 3 aromatic carbocycles. The highest BCUT2D eigenvalue weighted by molar-refractivity contribution is 6.34. The van der Waals surface area contributed by atoms with Crippen molar-refractivity contribution in [3.63, 3.8) is 0 Å². The van der Waals surface area contributed by atoms with Crippen LogP contribution >= 0.6 is 0 Å². The van der Waals surface area contributed by atoms with Crippen LogP contribution in [0.25, 0.3) is 5.70 Å². The molecule has 37 heavy (non-hydrogen) atoms. The minimum atomic E-state index is -2.34. The minimum Gasteiger partial charge on any atom is -0.497 e. The first-order valence-corrected chi connectivity index (χ1v) is 11.6. The van der Waals surface area contributed by atoms with Crippen molar-refractivity contribution >= 4 is 23.2 Å². The van der Waals surface area contributed by atoms with Crippen molar-refractivity contribution in [1.82, 2.24) is 4.90 Å². The average Bonchev–Trinajstić information content (AvgIpc) is 3.14. The van der Waals surface area contributed by atoms with Crippen molar-refractivity contribution in [1.29, 1.82) is 0 Å². The number of Topliss-reactive ketones (excluding diaryl/α,β-unsaturated/α-hetero) is 2. The Morgan fingerprint density at radius 3 is 1.95 bits per heavy atom. The molecule has 0 saturated heterocycles. The van der Waals surface area contributed by atoms with Gasteiger partial charge in [0.2, 0.25) is 11.5 Å².